The molecule has 0 saturated heterocycles. The first-order chi connectivity index (χ1) is 7.63. The van der Waals surface area contributed by atoms with E-state index in [2.05, 4.69) is 30.2 Å². The first-order valence-electron chi connectivity index (χ1n) is 5.72. The molecule has 16 heavy (non-hydrogen) atoms. The van der Waals surface area contributed by atoms with Gasteiger partial charge in [-0.3, -0.25) is 0 Å². The number of nitriles is 1. The molecule has 2 N–H and O–H groups in total. The van der Waals surface area contributed by atoms with Crippen LogP contribution in [0.5, 0.6) is 0 Å². The molecule has 1 aromatic rings. The monoisotopic (exact) mass is 219 g/mol. The van der Waals surface area contributed by atoms with Gasteiger partial charge in [0.25, 0.3) is 0 Å². The van der Waals surface area contributed by atoms with Crippen molar-refractivity contribution in [2.45, 2.75) is 44.7 Å². The van der Waals surface area contributed by atoms with Crippen LogP contribution in [0.1, 0.15) is 44.8 Å². The molecule has 1 aliphatic carbocycles. The number of nitrogens with two attached hydrogens (primary N) is 1. The largest absolute Gasteiger partial charge is 0.322 e. The summed E-state index contributed by atoms with van der Waals surface area (Å²) < 4.78 is 1.67. The van der Waals surface area contributed by atoms with E-state index in [-0.39, 0.29) is 6.04 Å². The zero-order valence-electron chi connectivity index (χ0n) is 9.72. The highest BCUT2D eigenvalue weighted by molar-refractivity contribution is 5.16. The van der Waals surface area contributed by atoms with Gasteiger partial charge in [-0.15, -0.1) is 5.10 Å². The summed E-state index contributed by atoms with van der Waals surface area (Å²) in [6.07, 6.45) is 4.57. The van der Waals surface area contributed by atoms with Crippen molar-refractivity contribution < 1.29 is 0 Å². The standard InChI is InChI=1S/C11H17N5/c1-3-8(2)10(13)9-6-16(15-14-9)11(7-12)4-5-11/h6,8,10H,3-5,13H2,1-2H3/t8?,10-/m0/s1. The Balaban J connectivity index is 2.17. The Hall–Kier alpha value is -1.41. The van der Waals surface area contributed by atoms with Crippen LogP contribution < -0.4 is 5.73 Å². The number of aromatic nitrogens is 3. The summed E-state index contributed by atoms with van der Waals surface area (Å²) in [6.45, 7) is 4.20. The van der Waals surface area contributed by atoms with Crippen molar-refractivity contribution in [3.8, 4) is 6.07 Å². The highest BCUT2D eigenvalue weighted by atomic mass is 15.5. The molecule has 86 valence electrons. The van der Waals surface area contributed by atoms with E-state index in [0.717, 1.165) is 25.0 Å². The van der Waals surface area contributed by atoms with E-state index in [1.807, 2.05) is 6.20 Å². The van der Waals surface area contributed by atoms with Crippen LogP contribution in [0.2, 0.25) is 0 Å². The highest BCUT2D eigenvalue weighted by Crippen LogP contribution is 2.42. The molecule has 1 aromatic heterocycles. The minimum atomic E-state index is -0.430. The topological polar surface area (TPSA) is 80.5 Å². The summed E-state index contributed by atoms with van der Waals surface area (Å²) in [4.78, 5) is 0. The van der Waals surface area contributed by atoms with Gasteiger partial charge >= 0.3 is 0 Å². The average molecular weight is 219 g/mol. The molecule has 0 radical (unpaired) electrons. The van der Waals surface area contributed by atoms with E-state index >= 15 is 0 Å². The van der Waals surface area contributed by atoms with Gasteiger partial charge in [0.2, 0.25) is 0 Å². The van der Waals surface area contributed by atoms with Gasteiger partial charge in [0.1, 0.15) is 0 Å². The summed E-state index contributed by atoms with van der Waals surface area (Å²) in [7, 11) is 0. The molecule has 1 aliphatic rings. The highest BCUT2D eigenvalue weighted by Gasteiger charge is 2.46. The first-order valence-corrected chi connectivity index (χ1v) is 5.72. The number of nitrogens with zero attached hydrogens (tertiary/aromatic N) is 4. The predicted molar refractivity (Wildman–Crippen MR) is 59.2 cm³/mol. The fourth-order valence-electron chi connectivity index (χ4n) is 1.69. The fraction of sp³-hybridized carbons (Fsp3) is 0.727. The van der Waals surface area contributed by atoms with Crippen molar-refractivity contribution in [1.82, 2.24) is 15.0 Å². The van der Waals surface area contributed by atoms with E-state index in [1.165, 1.54) is 0 Å². The molecular formula is C11H17N5. The van der Waals surface area contributed by atoms with E-state index in [4.69, 9.17) is 11.0 Å². The Morgan fingerprint density at radius 1 is 1.69 bits per heavy atom. The lowest BCUT2D eigenvalue weighted by Gasteiger charge is -2.14. The molecule has 0 aliphatic heterocycles. The molecule has 5 nitrogen and oxygen atoms in total. The van der Waals surface area contributed by atoms with Crippen molar-refractivity contribution in [1.29, 1.82) is 5.26 Å². The lowest BCUT2D eigenvalue weighted by molar-refractivity contribution is 0.448. The summed E-state index contributed by atoms with van der Waals surface area (Å²) in [5, 5.41) is 17.1. The van der Waals surface area contributed by atoms with Gasteiger partial charge in [0.05, 0.1) is 24.0 Å². The second-order valence-corrected chi connectivity index (χ2v) is 4.64. The zero-order valence-corrected chi connectivity index (χ0v) is 9.72. The van der Waals surface area contributed by atoms with Gasteiger partial charge in [-0.05, 0) is 18.8 Å². The van der Waals surface area contributed by atoms with E-state index in [9.17, 15) is 0 Å². The molecule has 1 fully saturated rings. The summed E-state index contributed by atoms with van der Waals surface area (Å²) in [5.41, 5.74) is 6.43. The molecule has 1 unspecified atom stereocenters. The minimum absolute atomic E-state index is 0.0896. The quantitative estimate of drug-likeness (QED) is 0.828. The van der Waals surface area contributed by atoms with Gasteiger partial charge in [-0.2, -0.15) is 5.26 Å². The van der Waals surface area contributed by atoms with E-state index in [1.54, 1.807) is 4.68 Å². The maximum absolute atomic E-state index is 9.04. The molecule has 0 bridgehead atoms. The third kappa shape index (κ3) is 1.69. The zero-order chi connectivity index (χ0) is 11.8. The lowest BCUT2D eigenvalue weighted by Crippen LogP contribution is -2.19. The Kier molecular flexibility index (Phi) is 2.68. The van der Waals surface area contributed by atoms with Crippen molar-refractivity contribution >= 4 is 0 Å². The molecule has 2 rings (SSSR count). The minimum Gasteiger partial charge on any atom is -0.322 e. The molecule has 0 spiro atoms. The van der Waals surface area contributed by atoms with Gasteiger partial charge in [-0.1, -0.05) is 25.5 Å². The smallest absolute Gasteiger partial charge is 0.150 e. The van der Waals surface area contributed by atoms with Crippen molar-refractivity contribution in [3.05, 3.63) is 11.9 Å². The molecule has 0 aromatic carbocycles. The van der Waals surface area contributed by atoms with Gasteiger partial charge in [0.15, 0.2) is 5.54 Å². The second kappa shape index (κ2) is 3.87. The number of hydrogen-bond donors (Lipinski definition) is 1. The van der Waals surface area contributed by atoms with Gasteiger partial charge < -0.3 is 5.73 Å². The Labute approximate surface area is 95.2 Å². The van der Waals surface area contributed by atoms with Crippen molar-refractivity contribution in [2.75, 3.05) is 0 Å². The number of rotatable bonds is 4. The molecule has 1 heterocycles. The summed E-state index contributed by atoms with van der Waals surface area (Å²) in [6, 6.07) is 2.19. The third-order valence-electron chi connectivity index (χ3n) is 3.48. The van der Waals surface area contributed by atoms with Crippen LogP contribution in [0.4, 0.5) is 0 Å². The van der Waals surface area contributed by atoms with Crippen molar-refractivity contribution in [2.24, 2.45) is 11.7 Å². The number of hydrogen-bond acceptors (Lipinski definition) is 4. The van der Waals surface area contributed by atoms with Crippen LogP contribution in [0, 0.1) is 17.2 Å². The Bertz CT molecular complexity index is 412. The van der Waals surface area contributed by atoms with Gasteiger partial charge in [0, 0.05) is 0 Å². The maximum atomic E-state index is 9.04. The molecule has 2 atom stereocenters. The van der Waals surface area contributed by atoms with Crippen LogP contribution in [-0.2, 0) is 5.54 Å². The van der Waals surface area contributed by atoms with E-state index in [0.29, 0.717) is 5.92 Å². The van der Waals surface area contributed by atoms with Crippen LogP contribution >= 0.6 is 0 Å². The molecule has 5 heteroatoms. The van der Waals surface area contributed by atoms with Crippen LogP contribution in [-0.4, -0.2) is 15.0 Å². The average Bonchev–Trinajstić information content (AvgIpc) is 2.97. The van der Waals surface area contributed by atoms with Crippen LogP contribution in [0.3, 0.4) is 0 Å². The Morgan fingerprint density at radius 2 is 2.38 bits per heavy atom. The fourth-order valence-corrected chi connectivity index (χ4v) is 1.69. The van der Waals surface area contributed by atoms with Gasteiger partial charge in [-0.25, -0.2) is 4.68 Å². The van der Waals surface area contributed by atoms with Crippen LogP contribution in [0.15, 0.2) is 6.20 Å². The normalized spacial score (nSPS) is 21.1. The maximum Gasteiger partial charge on any atom is 0.150 e. The summed E-state index contributed by atoms with van der Waals surface area (Å²) >= 11 is 0. The third-order valence-corrected chi connectivity index (χ3v) is 3.48. The van der Waals surface area contributed by atoms with E-state index < -0.39 is 5.54 Å². The molecule has 1 saturated carbocycles. The Morgan fingerprint density at radius 3 is 2.88 bits per heavy atom. The lowest BCUT2D eigenvalue weighted by atomic mass is 9.98. The summed E-state index contributed by atoms with van der Waals surface area (Å²) in [5.74, 6) is 0.377. The van der Waals surface area contributed by atoms with Crippen LogP contribution in [0.25, 0.3) is 0 Å². The molecule has 0 amide bonds. The van der Waals surface area contributed by atoms with Crippen molar-refractivity contribution in [3.63, 3.8) is 0 Å². The second-order valence-electron chi connectivity index (χ2n) is 4.64. The first kappa shape index (κ1) is 11.1. The predicted octanol–water partition coefficient (Wildman–Crippen LogP) is 1.34. The molecular weight excluding hydrogens is 202 g/mol. The SMILES string of the molecule is CCC(C)[C@H](N)c1cn(C2(C#N)CC2)nn1.